The van der Waals surface area contributed by atoms with Gasteiger partial charge < -0.3 is 25.6 Å². The molecule has 1 aliphatic rings. The SMILES string of the molecule is Cc1cccc2c(N(C)Cc3ccccc3B(O)O)cccc12.NCc1cccc(C2CCN(C=O)CC2)c1. The second-order valence-corrected chi connectivity index (χ2v) is 10.2. The lowest BCUT2D eigenvalue weighted by molar-refractivity contribution is -0.119. The minimum atomic E-state index is -1.45. The molecule has 1 fully saturated rings. The van der Waals surface area contributed by atoms with Crippen LogP contribution >= 0.6 is 0 Å². The third-order valence-electron chi connectivity index (χ3n) is 7.61. The zero-order chi connectivity index (χ0) is 27.8. The summed E-state index contributed by atoms with van der Waals surface area (Å²) in [6.07, 6.45) is 3.08. The molecule has 0 spiro atoms. The van der Waals surface area contributed by atoms with Gasteiger partial charge in [-0.3, -0.25) is 4.79 Å². The van der Waals surface area contributed by atoms with E-state index in [1.165, 1.54) is 27.5 Å². The minimum absolute atomic E-state index is 0.552. The Morgan fingerprint density at radius 1 is 0.949 bits per heavy atom. The number of carbonyl (C=O) groups is 1. The van der Waals surface area contributed by atoms with Crippen LogP contribution in [0.4, 0.5) is 5.69 Å². The Morgan fingerprint density at radius 2 is 1.64 bits per heavy atom. The molecule has 39 heavy (non-hydrogen) atoms. The molecule has 0 unspecified atom stereocenters. The van der Waals surface area contributed by atoms with Crippen molar-refractivity contribution < 1.29 is 14.8 Å². The van der Waals surface area contributed by atoms with Gasteiger partial charge in [-0.25, -0.2) is 0 Å². The average Bonchev–Trinajstić information content (AvgIpc) is 2.97. The fraction of sp³-hybridized carbons (Fsp3) is 0.281. The van der Waals surface area contributed by atoms with Crippen molar-refractivity contribution in [1.82, 2.24) is 4.90 Å². The summed E-state index contributed by atoms with van der Waals surface area (Å²) >= 11 is 0. The highest BCUT2D eigenvalue weighted by Crippen LogP contribution is 2.29. The molecule has 1 saturated heterocycles. The van der Waals surface area contributed by atoms with Gasteiger partial charge in [-0.05, 0) is 64.9 Å². The summed E-state index contributed by atoms with van der Waals surface area (Å²) < 4.78 is 0. The third kappa shape index (κ3) is 7.06. The number of nitrogens with zero attached hydrogens (tertiary/aromatic N) is 2. The Balaban J connectivity index is 0.000000193. The summed E-state index contributed by atoms with van der Waals surface area (Å²) in [7, 11) is 0.576. The molecule has 202 valence electrons. The lowest BCUT2D eigenvalue weighted by Crippen LogP contribution is -2.35. The molecule has 0 radical (unpaired) electrons. The first-order valence-corrected chi connectivity index (χ1v) is 13.5. The molecule has 0 bridgehead atoms. The van der Waals surface area contributed by atoms with Gasteiger partial charge in [0.25, 0.3) is 0 Å². The van der Waals surface area contributed by atoms with E-state index in [4.69, 9.17) is 5.73 Å². The zero-order valence-electron chi connectivity index (χ0n) is 22.8. The fourth-order valence-corrected chi connectivity index (χ4v) is 5.37. The largest absolute Gasteiger partial charge is 0.488 e. The van der Waals surface area contributed by atoms with E-state index in [9.17, 15) is 14.8 Å². The van der Waals surface area contributed by atoms with E-state index < -0.39 is 7.12 Å². The van der Waals surface area contributed by atoms with Crippen LogP contribution in [0.2, 0.25) is 0 Å². The fourth-order valence-electron chi connectivity index (χ4n) is 5.37. The standard InChI is InChI=1S/C19H20BNO2.C13H18N2O/c1-14-7-5-10-17-16(14)9-6-12-19(17)21(2)13-15-8-3-4-11-18(15)20(22)23;14-9-11-2-1-3-13(8-11)12-4-6-15(10-16)7-5-12/h3-12,22-23H,13H2,1-2H3;1-3,8,10,12H,4-7,9,14H2. The van der Waals surface area contributed by atoms with Crippen LogP contribution in [0, 0.1) is 6.92 Å². The second-order valence-electron chi connectivity index (χ2n) is 10.2. The number of piperidine rings is 1. The highest BCUT2D eigenvalue weighted by Gasteiger charge is 2.19. The predicted octanol–water partition coefficient (Wildman–Crippen LogP) is 3.95. The summed E-state index contributed by atoms with van der Waals surface area (Å²) in [5, 5.41) is 21.5. The monoisotopic (exact) mass is 523 g/mol. The van der Waals surface area contributed by atoms with Crippen molar-refractivity contribution in [3.05, 3.63) is 107 Å². The van der Waals surface area contributed by atoms with Gasteiger partial charge in [0.1, 0.15) is 0 Å². The van der Waals surface area contributed by atoms with Crippen molar-refractivity contribution in [2.75, 3.05) is 25.0 Å². The number of benzene rings is 4. The quantitative estimate of drug-likeness (QED) is 0.252. The molecule has 5 rings (SSSR count). The number of nitrogens with two attached hydrogens (primary N) is 1. The Bertz CT molecular complexity index is 1390. The van der Waals surface area contributed by atoms with Crippen LogP contribution in [0.25, 0.3) is 10.8 Å². The average molecular weight is 523 g/mol. The Labute approximate surface area is 231 Å². The number of aryl methyl sites for hydroxylation is 1. The van der Waals surface area contributed by atoms with Gasteiger partial charge in [0.05, 0.1) is 0 Å². The molecule has 0 saturated carbocycles. The Kier molecular flexibility index (Phi) is 9.77. The van der Waals surface area contributed by atoms with Gasteiger partial charge in [-0.1, -0.05) is 78.9 Å². The molecule has 6 nitrogen and oxygen atoms in total. The molecular formula is C32H38BN3O3. The molecular weight excluding hydrogens is 485 g/mol. The van der Waals surface area contributed by atoms with Gasteiger partial charge in [0.15, 0.2) is 0 Å². The summed E-state index contributed by atoms with van der Waals surface area (Å²) in [6, 6.07) is 28.5. The van der Waals surface area contributed by atoms with E-state index >= 15 is 0 Å². The van der Waals surface area contributed by atoms with E-state index in [0.29, 0.717) is 24.5 Å². The van der Waals surface area contributed by atoms with Crippen molar-refractivity contribution in [3.63, 3.8) is 0 Å². The van der Waals surface area contributed by atoms with Crippen LogP contribution < -0.4 is 16.1 Å². The predicted molar refractivity (Wildman–Crippen MR) is 161 cm³/mol. The number of fused-ring (bicyclic) bond motifs is 1. The molecule has 4 aromatic rings. The first-order valence-electron chi connectivity index (χ1n) is 13.5. The third-order valence-corrected chi connectivity index (χ3v) is 7.61. The Hall–Kier alpha value is -3.65. The van der Waals surface area contributed by atoms with Gasteiger partial charge in [0.2, 0.25) is 6.41 Å². The van der Waals surface area contributed by atoms with E-state index in [1.807, 2.05) is 30.1 Å². The lowest BCUT2D eigenvalue weighted by Gasteiger charge is -2.29. The number of amides is 1. The van der Waals surface area contributed by atoms with Gasteiger partial charge in [-0.15, -0.1) is 0 Å². The van der Waals surface area contributed by atoms with Crippen LogP contribution in [0.15, 0.2) is 84.9 Å². The van der Waals surface area contributed by atoms with Gasteiger partial charge >= 0.3 is 7.12 Å². The summed E-state index contributed by atoms with van der Waals surface area (Å²) in [6.45, 7) is 5.08. The zero-order valence-corrected chi connectivity index (χ0v) is 22.8. The summed E-state index contributed by atoms with van der Waals surface area (Å²) in [4.78, 5) is 14.6. The van der Waals surface area contributed by atoms with Crippen molar-refractivity contribution in [2.45, 2.75) is 38.8 Å². The summed E-state index contributed by atoms with van der Waals surface area (Å²) in [5.74, 6) is 0.586. The van der Waals surface area contributed by atoms with Crippen LogP contribution in [-0.4, -0.2) is 48.6 Å². The van der Waals surface area contributed by atoms with Crippen molar-refractivity contribution in [1.29, 1.82) is 0 Å². The summed E-state index contributed by atoms with van der Waals surface area (Å²) in [5.41, 5.74) is 12.0. The first-order chi connectivity index (χ1) is 18.9. The molecule has 4 aromatic carbocycles. The topological polar surface area (TPSA) is 90.0 Å². The molecule has 1 heterocycles. The lowest BCUT2D eigenvalue weighted by atomic mass is 9.77. The number of hydrogen-bond donors (Lipinski definition) is 3. The molecule has 0 atom stereocenters. The van der Waals surface area contributed by atoms with E-state index in [0.717, 1.165) is 43.6 Å². The Morgan fingerprint density at radius 3 is 2.36 bits per heavy atom. The first kappa shape index (κ1) is 28.4. The van der Waals surface area contributed by atoms with Crippen LogP contribution in [0.1, 0.15) is 41.0 Å². The van der Waals surface area contributed by atoms with Crippen LogP contribution in [0.5, 0.6) is 0 Å². The molecule has 1 aliphatic heterocycles. The molecule has 1 amide bonds. The molecule has 0 aliphatic carbocycles. The smallest absolute Gasteiger partial charge is 0.423 e. The van der Waals surface area contributed by atoms with Gasteiger partial charge in [-0.2, -0.15) is 0 Å². The maximum absolute atomic E-state index is 10.6. The number of anilines is 1. The van der Waals surface area contributed by atoms with Crippen LogP contribution in [-0.2, 0) is 17.9 Å². The number of hydrogen-bond acceptors (Lipinski definition) is 5. The van der Waals surface area contributed by atoms with E-state index in [2.05, 4.69) is 72.5 Å². The highest BCUT2D eigenvalue weighted by atomic mass is 16.4. The van der Waals surface area contributed by atoms with E-state index in [1.54, 1.807) is 6.07 Å². The number of likely N-dealkylation sites (tertiary alicyclic amines) is 1. The normalized spacial score (nSPS) is 13.5. The highest BCUT2D eigenvalue weighted by molar-refractivity contribution is 6.59. The van der Waals surface area contributed by atoms with Crippen molar-refractivity contribution in [2.24, 2.45) is 5.73 Å². The molecule has 4 N–H and O–H groups in total. The molecule has 7 heteroatoms. The van der Waals surface area contributed by atoms with E-state index in [-0.39, 0.29) is 0 Å². The second kappa shape index (κ2) is 13.4. The number of rotatable bonds is 7. The van der Waals surface area contributed by atoms with Crippen molar-refractivity contribution in [3.8, 4) is 0 Å². The maximum Gasteiger partial charge on any atom is 0.488 e. The van der Waals surface area contributed by atoms with Crippen LogP contribution in [0.3, 0.4) is 0 Å². The molecule has 0 aromatic heterocycles. The minimum Gasteiger partial charge on any atom is -0.423 e. The maximum atomic E-state index is 10.6. The van der Waals surface area contributed by atoms with Crippen molar-refractivity contribution >= 4 is 35.5 Å². The van der Waals surface area contributed by atoms with Gasteiger partial charge in [0, 0.05) is 44.3 Å². The number of carbonyl (C=O) groups excluding carboxylic acids is 1.